The molecular weight excluding hydrogens is 314 g/mol. The third-order valence-corrected chi connectivity index (χ3v) is 5.84. The quantitative estimate of drug-likeness (QED) is 0.868. The monoisotopic (exact) mass is 333 g/mol. The molecule has 0 aromatic heterocycles. The number of methoxy groups -OCH3 is 2. The van der Waals surface area contributed by atoms with Gasteiger partial charge >= 0.3 is 0 Å². The molecule has 7 heteroatoms. The number of sulfonamides is 1. The van der Waals surface area contributed by atoms with Crippen LogP contribution in [-0.4, -0.2) is 34.8 Å². The summed E-state index contributed by atoms with van der Waals surface area (Å²) in [7, 11) is -0.581. The Morgan fingerprint density at radius 3 is 2.48 bits per heavy atom. The fourth-order valence-corrected chi connectivity index (χ4v) is 4.58. The van der Waals surface area contributed by atoms with E-state index in [-0.39, 0.29) is 9.92 Å². The molecule has 0 unspecified atom stereocenters. The third-order valence-electron chi connectivity index (χ3n) is 3.82. The van der Waals surface area contributed by atoms with Gasteiger partial charge in [0.05, 0.1) is 29.2 Å². The van der Waals surface area contributed by atoms with Crippen molar-refractivity contribution in [3.63, 3.8) is 0 Å². The first kappa shape index (κ1) is 16.5. The van der Waals surface area contributed by atoms with Crippen LogP contribution in [0, 0.1) is 6.92 Å². The highest BCUT2D eigenvalue weighted by Gasteiger charge is 2.41. The summed E-state index contributed by atoms with van der Waals surface area (Å²) >= 11 is 6.05. The Kier molecular flexibility index (Phi) is 4.82. The van der Waals surface area contributed by atoms with Crippen molar-refractivity contribution in [2.45, 2.75) is 36.6 Å². The Morgan fingerprint density at radius 1 is 1.33 bits per heavy atom. The maximum absolute atomic E-state index is 12.6. The van der Waals surface area contributed by atoms with Gasteiger partial charge in [-0.1, -0.05) is 11.6 Å². The third kappa shape index (κ3) is 3.34. The van der Waals surface area contributed by atoms with Crippen LogP contribution in [0.4, 0.5) is 0 Å². The summed E-state index contributed by atoms with van der Waals surface area (Å²) in [6, 6.07) is 3.05. The molecule has 0 amide bonds. The first-order valence-corrected chi connectivity index (χ1v) is 8.57. The van der Waals surface area contributed by atoms with E-state index in [0.717, 1.165) is 19.3 Å². The zero-order valence-electron chi connectivity index (χ0n) is 12.4. The number of hydrogen-bond donors (Lipinski definition) is 1. The summed E-state index contributed by atoms with van der Waals surface area (Å²) in [6.07, 6.45) is 2.56. The maximum Gasteiger partial charge on any atom is 0.241 e. The van der Waals surface area contributed by atoms with Crippen LogP contribution in [0.2, 0.25) is 5.02 Å². The van der Waals surface area contributed by atoms with Crippen molar-refractivity contribution in [3.05, 3.63) is 22.7 Å². The molecule has 0 bridgehead atoms. The van der Waals surface area contributed by atoms with Crippen LogP contribution < -0.4 is 9.46 Å². The molecule has 0 spiro atoms. The second kappa shape index (κ2) is 6.12. The minimum Gasteiger partial charge on any atom is -0.495 e. The molecule has 0 atom stereocenters. The molecule has 0 heterocycles. The van der Waals surface area contributed by atoms with Gasteiger partial charge in [0.15, 0.2) is 0 Å². The molecule has 0 radical (unpaired) electrons. The van der Waals surface area contributed by atoms with Gasteiger partial charge < -0.3 is 9.47 Å². The molecule has 5 nitrogen and oxygen atoms in total. The summed E-state index contributed by atoms with van der Waals surface area (Å²) in [5.74, 6) is 0.461. The Hall–Kier alpha value is -0.820. The first-order chi connectivity index (χ1) is 9.83. The standard InChI is InChI=1S/C14H20ClNO4S/c1-10-7-12(20-3)11(15)8-13(10)21(17,18)16-14(9-19-2)5-4-6-14/h7-8,16H,4-6,9H2,1-3H3. The number of nitrogens with one attached hydrogen (secondary N) is 1. The van der Waals surface area contributed by atoms with Gasteiger partial charge in [0.25, 0.3) is 0 Å². The van der Waals surface area contributed by atoms with E-state index < -0.39 is 15.6 Å². The number of aryl methyl sites for hydroxylation is 1. The number of halogens is 1. The summed E-state index contributed by atoms with van der Waals surface area (Å²) in [4.78, 5) is 0.177. The topological polar surface area (TPSA) is 64.6 Å². The van der Waals surface area contributed by atoms with Gasteiger partial charge in [0.2, 0.25) is 10.0 Å². The van der Waals surface area contributed by atoms with Crippen molar-refractivity contribution in [2.75, 3.05) is 20.8 Å². The molecule has 1 aliphatic carbocycles. The lowest BCUT2D eigenvalue weighted by Crippen LogP contribution is -2.56. The molecule has 118 valence electrons. The van der Waals surface area contributed by atoms with Gasteiger partial charge in [-0.15, -0.1) is 0 Å². The Morgan fingerprint density at radius 2 is 2.00 bits per heavy atom. The second-order valence-electron chi connectivity index (χ2n) is 5.42. The average molecular weight is 334 g/mol. The van der Waals surface area contributed by atoms with E-state index in [1.165, 1.54) is 13.2 Å². The van der Waals surface area contributed by atoms with Gasteiger partial charge in [-0.2, -0.15) is 0 Å². The minimum atomic E-state index is -3.65. The molecule has 1 N–H and O–H groups in total. The fraction of sp³-hybridized carbons (Fsp3) is 0.571. The summed E-state index contributed by atoms with van der Waals surface area (Å²) in [5.41, 5.74) is 0.0996. The lowest BCUT2D eigenvalue weighted by atomic mass is 9.78. The predicted molar refractivity (Wildman–Crippen MR) is 81.5 cm³/mol. The molecule has 2 rings (SSSR count). The van der Waals surface area contributed by atoms with Gasteiger partial charge in [0, 0.05) is 7.11 Å². The highest BCUT2D eigenvalue weighted by molar-refractivity contribution is 7.89. The fourth-order valence-electron chi connectivity index (χ4n) is 2.58. The van der Waals surface area contributed by atoms with Crippen molar-refractivity contribution < 1.29 is 17.9 Å². The van der Waals surface area contributed by atoms with E-state index in [9.17, 15) is 8.42 Å². The van der Waals surface area contributed by atoms with E-state index in [0.29, 0.717) is 17.9 Å². The molecule has 1 aromatic rings. The Balaban J connectivity index is 2.34. The van der Waals surface area contributed by atoms with Crippen molar-refractivity contribution in [1.82, 2.24) is 4.72 Å². The van der Waals surface area contributed by atoms with Gasteiger partial charge in [0.1, 0.15) is 5.75 Å². The number of ether oxygens (including phenoxy) is 2. The normalized spacial score (nSPS) is 17.3. The number of benzene rings is 1. The molecule has 0 saturated heterocycles. The van der Waals surface area contributed by atoms with Crippen LogP contribution in [0.5, 0.6) is 5.75 Å². The zero-order valence-corrected chi connectivity index (χ0v) is 14.0. The van der Waals surface area contributed by atoms with Crippen molar-refractivity contribution in [3.8, 4) is 5.75 Å². The maximum atomic E-state index is 12.6. The van der Waals surface area contributed by atoms with Gasteiger partial charge in [-0.3, -0.25) is 0 Å². The summed E-state index contributed by atoms with van der Waals surface area (Å²) in [6.45, 7) is 2.09. The van der Waals surface area contributed by atoms with Crippen molar-refractivity contribution in [1.29, 1.82) is 0 Å². The van der Waals surface area contributed by atoms with Gasteiger partial charge in [-0.25, -0.2) is 13.1 Å². The number of hydrogen-bond acceptors (Lipinski definition) is 4. The molecule has 0 aliphatic heterocycles. The second-order valence-corrected chi connectivity index (χ2v) is 7.48. The van der Waals surface area contributed by atoms with Crippen LogP contribution in [-0.2, 0) is 14.8 Å². The van der Waals surface area contributed by atoms with Crippen LogP contribution in [0.1, 0.15) is 24.8 Å². The molecule has 1 aromatic carbocycles. The van der Waals surface area contributed by atoms with E-state index in [2.05, 4.69) is 4.72 Å². The SMILES string of the molecule is COCC1(NS(=O)(=O)c2cc(Cl)c(OC)cc2C)CCC1. The average Bonchev–Trinajstić information content (AvgIpc) is 2.38. The summed E-state index contributed by atoms with van der Waals surface area (Å²) < 4.78 is 38.3. The Bertz CT molecular complexity index is 626. The van der Waals surface area contributed by atoms with Crippen LogP contribution in [0.3, 0.4) is 0 Å². The molecule has 1 aliphatic rings. The zero-order chi connectivity index (χ0) is 15.7. The lowest BCUT2D eigenvalue weighted by Gasteiger charge is -2.41. The van der Waals surface area contributed by atoms with E-state index in [1.54, 1.807) is 20.1 Å². The molecular formula is C14H20ClNO4S. The van der Waals surface area contributed by atoms with Crippen molar-refractivity contribution in [2.24, 2.45) is 0 Å². The minimum absolute atomic E-state index is 0.177. The lowest BCUT2D eigenvalue weighted by molar-refractivity contribution is 0.0729. The van der Waals surface area contributed by atoms with E-state index in [1.807, 2.05) is 0 Å². The highest BCUT2D eigenvalue weighted by atomic mass is 35.5. The predicted octanol–water partition coefficient (Wildman–Crippen LogP) is 2.50. The largest absolute Gasteiger partial charge is 0.495 e. The Labute approximate surface area is 130 Å². The van der Waals surface area contributed by atoms with Crippen LogP contribution in [0.25, 0.3) is 0 Å². The van der Waals surface area contributed by atoms with E-state index >= 15 is 0 Å². The van der Waals surface area contributed by atoms with E-state index in [4.69, 9.17) is 21.1 Å². The smallest absolute Gasteiger partial charge is 0.241 e. The summed E-state index contributed by atoms with van der Waals surface area (Å²) in [5, 5.41) is 0.276. The van der Waals surface area contributed by atoms with Crippen LogP contribution in [0.15, 0.2) is 17.0 Å². The van der Waals surface area contributed by atoms with Crippen molar-refractivity contribution >= 4 is 21.6 Å². The number of rotatable bonds is 6. The highest BCUT2D eigenvalue weighted by Crippen LogP contribution is 2.35. The molecule has 21 heavy (non-hydrogen) atoms. The van der Waals surface area contributed by atoms with Crippen LogP contribution >= 0.6 is 11.6 Å². The molecule has 1 saturated carbocycles. The van der Waals surface area contributed by atoms with Gasteiger partial charge in [-0.05, 0) is 43.9 Å². The first-order valence-electron chi connectivity index (χ1n) is 6.71. The molecule has 1 fully saturated rings.